The Morgan fingerprint density at radius 3 is 2.40 bits per heavy atom. The number of amidine groups is 1. The highest BCUT2D eigenvalue weighted by molar-refractivity contribution is 5.95. The Labute approximate surface area is 148 Å². The van der Waals surface area contributed by atoms with Crippen LogP contribution in [0.5, 0.6) is 0 Å². The molecule has 1 atom stereocenters. The number of para-hydroxylation sites is 1. The monoisotopic (exact) mass is 339 g/mol. The summed E-state index contributed by atoms with van der Waals surface area (Å²) in [4.78, 5) is 4.19. The van der Waals surface area contributed by atoms with Gasteiger partial charge in [-0.1, -0.05) is 54.6 Å². The summed E-state index contributed by atoms with van der Waals surface area (Å²) in [5.41, 5.74) is 6.37. The van der Waals surface area contributed by atoms with Crippen molar-refractivity contribution in [1.29, 1.82) is 0 Å². The van der Waals surface area contributed by atoms with E-state index < -0.39 is 6.10 Å². The molecule has 0 aliphatic heterocycles. The minimum atomic E-state index is -0.660. The van der Waals surface area contributed by atoms with Crippen LogP contribution in [0.4, 0.5) is 5.69 Å². The quantitative estimate of drug-likeness (QED) is 0.355. The summed E-state index contributed by atoms with van der Waals surface area (Å²) in [5, 5.41) is 22.5. The Balaban J connectivity index is 1.89. The number of hydrogen-bond acceptors (Lipinski definition) is 4. The van der Waals surface area contributed by atoms with Gasteiger partial charge in [-0.25, -0.2) is 0 Å². The van der Waals surface area contributed by atoms with Crippen LogP contribution in [0.1, 0.15) is 16.7 Å². The van der Waals surface area contributed by atoms with Crippen LogP contribution in [0.2, 0.25) is 0 Å². The number of aliphatic hydroxyl groups excluding tert-OH is 1. The molecule has 2 aromatic rings. The minimum absolute atomic E-state index is 0.181. The fourth-order valence-corrected chi connectivity index (χ4v) is 2.45. The number of aliphatic imine (C=N–C) groups is 1. The molecule has 2 aromatic carbocycles. The lowest BCUT2D eigenvalue weighted by Gasteiger charge is -2.15. The number of nitrogens with one attached hydrogen (secondary N) is 2. The van der Waals surface area contributed by atoms with Crippen LogP contribution >= 0.6 is 0 Å². The molecule has 0 amide bonds. The fraction of sp³-hybridized carbons (Fsp3) is 0.250. The average Bonchev–Trinajstić information content (AvgIpc) is 2.62. The number of hydrogen-bond donors (Lipinski definition) is 4. The maximum absolute atomic E-state index is 10.1. The Morgan fingerprint density at radius 2 is 1.76 bits per heavy atom. The molecule has 0 saturated heterocycles. The van der Waals surface area contributed by atoms with Crippen molar-refractivity contribution in [1.82, 2.24) is 5.48 Å². The first-order valence-electron chi connectivity index (χ1n) is 8.26. The number of rotatable bonds is 7. The molecule has 1 unspecified atom stereocenters. The molecule has 5 nitrogen and oxygen atoms in total. The van der Waals surface area contributed by atoms with Crippen molar-refractivity contribution in [2.24, 2.45) is 4.99 Å². The SMILES string of the molecule is Cc1cccc(C)c1NCC(O)CN=C(C=Cc1ccccc1)NO. The Morgan fingerprint density at radius 1 is 1.08 bits per heavy atom. The summed E-state index contributed by atoms with van der Waals surface area (Å²) in [6.07, 6.45) is 2.84. The van der Waals surface area contributed by atoms with Gasteiger partial charge in [-0.15, -0.1) is 0 Å². The largest absolute Gasteiger partial charge is 0.389 e. The normalized spacial score (nSPS) is 13.0. The molecule has 0 fully saturated rings. The van der Waals surface area contributed by atoms with Gasteiger partial charge in [-0.2, -0.15) is 0 Å². The van der Waals surface area contributed by atoms with Crippen molar-refractivity contribution in [2.45, 2.75) is 20.0 Å². The molecule has 0 radical (unpaired) electrons. The third-order valence-corrected chi connectivity index (χ3v) is 3.82. The van der Waals surface area contributed by atoms with E-state index in [2.05, 4.69) is 15.8 Å². The zero-order valence-corrected chi connectivity index (χ0v) is 14.6. The summed E-state index contributed by atoms with van der Waals surface area (Å²) in [5.74, 6) is 0.301. The van der Waals surface area contributed by atoms with E-state index in [1.54, 1.807) is 6.08 Å². The van der Waals surface area contributed by atoms with E-state index in [1.807, 2.05) is 68.5 Å². The predicted molar refractivity (Wildman–Crippen MR) is 103 cm³/mol. The molecule has 25 heavy (non-hydrogen) atoms. The summed E-state index contributed by atoms with van der Waals surface area (Å²) in [6, 6.07) is 15.8. The summed E-state index contributed by atoms with van der Waals surface area (Å²) in [6.45, 7) is 4.63. The number of aryl methyl sites for hydroxylation is 2. The summed E-state index contributed by atoms with van der Waals surface area (Å²) < 4.78 is 0. The van der Waals surface area contributed by atoms with Crippen molar-refractivity contribution >= 4 is 17.6 Å². The number of nitrogens with zero attached hydrogens (tertiary/aromatic N) is 1. The standard InChI is InChI=1S/C20H25N3O2/c1-15-7-6-8-16(2)20(15)22-14-18(24)13-21-19(23-25)12-11-17-9-4-3-5-10-17/h3-12,18,22,24-25H,13-14H2,1-2H3,(H,21,23). The van der Waals surface area contributed by atoms with E-state index in [1.165, 1.54) is 0 Å². The van der Waals surface area contributed by atoms with Gasteiger partial charge in [0.15, 0.2) is 0 Å². The fourth-order valence-electron chi connectivity index (χ4n) is 2.45. The molecular weight excluding hydrogens is 314 g/mol. The molecular formula is C20H25N3O2. The molecule has 0 aliphatic carbocycles. The first-order valence-corrected chi connectivity index (χ1v) is 8.26. The van der Waals surface area contributed by atoms with Gasteiger partial charge in [0, 0.05) is 12.2 Å². The van der Waals surface area contributed by atoms with Crippen LogP contribution in [-0.4, -0.2) is 35.3 Å². The number of hydroxylamine groups is 1. The van der Waals surface area contributed by atoms with Gasteiger partial charge in [-0.3, -0.25) is 15.7 Å². The van der Waals surface area contributed by atoms with Gasteiger partial charge in [0.2, 0.25) is 0 Å². The number of benzene rings is 2. The van der Waals surface area contributed by atoms with Crippen molar-refractivity contribution < 1.29 is 10.3 Å². The molecule has 0 aromatic heterocycles. The Kier molecular flexibility index (Phi) is 7.19. The van der Waals surface area contributed by atoms with Crippen LogP contribution in [0.25, 0.3) is 6.08 Å². The molecule has 2 rings (SSSR count). The molecule has 132 valence electrons. The maximum Gasteiger partial charge on any atom is 0.144 e. The molecule has 5 heteroatoms. The average molecular weight is 339 g/mol. The molecule has 4 N–H and O–H groups in total. The topological polar surface area (TPSA) is 76.9 Å². The lowest BCUT2D eigenvalue weighted by molar-refractivity contribution is 0.195. The van der Waals surface area contributed by atoms with Crippen molar-refractivity contribution in [3.8, 4) is 0 Å². The number of aliphatic hydroxyl groups is 1. The first-order chi connectivity index (χ1) is 12.1. The molecule has 0 aliphatic rings. The first kappa shape index (κ1) is 18.7. The zero-order chi connectivity index (χ0) is 18.1. The van der Waals surface area contributed by atoms with E-state index in [0.717, 1.165) is 22.4 Å². The Hall–Kier alpha value is -2.63. The number of anilines is 1. The van der Waals surface area contributed by atoms with Gasteiger partial charge >= 0.3 is 0 Å². The molecule has 0 spiro atoms. The van der Waals surface area contributed by atoms with Gasteiger partial charge in [-0.05, 0) is 36.6 Å². The lowest BCUT2D eigenvalue weighted by atomic mass is 10.1. The third kappa shape index (κ3) is 6.06. The van der Waals surface area contributed by atoms with Gasteiger partial charge in [0.1, 0.15) is 5.84 Å². The van der Waals surface area contributed by atoms with Gasteiger partial charge < -0.3 is 10.4 Å². The lowest BCUT2D eigenvalue weighted by Crippen LogP contribution is -2.25. The summed E-state index contributed by atoms with van der Waals surface area (Å²) >= 11 is 0. The van der Waals surface area contributed by atoms with Gasteiger partial charge in [0.25, 0.3) is 0 Å². The predicted octanol–water partition coefficient (Wildman–Crippen LogP) is 3.17. The maximum atomic E-state index is 10.1. The second-order valence-electron chi connectivity index (χ2n) is 5.88. The van der Waals surface area contributed by atoms with E-state index >= 15 is 0 Å². The summed E-state index contributed by atoms with van der Waals surface area (Å²) in [7, 11) is 0. The van der Waals surface area contributed by atoms with Crippen LogP contribution in [0, 0.1) is 13.8 Å². The highest BCUT2D eigenvalue weighted by atomic mass is 16.5. The minimum Gasteiger partial charge on any atom is -0.389 e. The third-order valence-electron chi connectivity index (χ3n) is 3.82. The van der Waals surface area contributed by atoms with Crippen LogP contribution in [-0.2, 0) is 0 Å². The Bertz CT molecular complexity index is 707. The van der Waals surface area contributed by atoms with Crippen molar-refractivity contribution in [3.05, 3.63) is 71.3 Å². The van der Waals surface area contributed by atoms with Crippen LogP contribution in [0.15, 0.2) is 59.6 Å². The molecule has 0 saturated carbocycles. The molecule has 0 bridgehead atoms. The molecule has 0 heterocycles. The van der Waals surface area contributed by atoms with Gasteiger partial charge in [0.05, 0.1) is 12.6 Å². The zero-order valence-electron chi connectivity index (χ0n) is 14.6. The highest BCUT2D eigenvalue weighted by Gasteiger charge is 2.06. The van der Waals surface area contributed by atoms with Crippen molar-refractivity contribution in [3.63, 3.8) is 0 Å². The van der Waals surface area contributed by atoms with Crippen LogP contribution < -0.4 is 10.8 Å². The second kappa shape index (κ2) is 9.61. The smallest absolute Gasteiger partial charge is 0.144 e. The second-order valence-corrected chi connectivity index (χ2v) is 5.88. The van der Waals surface area contributed by atoms with E-state index in [9.17, 15) is 5.11 Å². The van der Waals surface area contributed by atoms with E-state index in [4.69, 9.17) is 5.21 Å². The van der Waals surface area contributed by atoms with E-state index in [-0.39, 0.29) is 6.54 Å². The van der Waals surface area contributed by atoms with Crippen LogP contribution in [0.3, 0.4) is 0 Å². The highest BCUT2D eigenvalue weighted by Crippen LogP contribution is 2.19. The van der Waals surface area contributed by atoms with Crippen molar-refractivity contribution in [2.75, 3.05) is 18.4 Å². The van der Waals surface area contributed by atoms with E-state index in [0.29, 0.717) is 12.4 Å².